The molecule has 0 unspecified atom stereocenters. The average molecular weight is 294 g/mol. The van der Waals surface area contributed by atoms with Crippen molar-refractivity contribution in [2.75, 3.05) is 13.6 Å². The molecule has 0 radical (unpaired) electrons. The maximum Gasteiger partial charge on any atom is 0.237 e. The Hall–Kier alpha value is -2.13. The molecule has 1 amide bonds. The summed E-state index contributed by atoms with van der Waals surface area (Å²) in [5, 5.41) is 3.36. The quantitative estimate of drug-likeness (QED) is 0.944. The van der Waals surface area contributed by atoms with Gasteiger partial charge in [0.1, 0.15) is 0 Å². The van der Waals surface area contributed by atoms with E-state index in [0.29, 0.717) is 6.54 Å². The molecule has 22 heavy (non-hydrogen) atoms. The van der Waals surface area contributed by atoms with E-state index in [1.807, 2.05) is 11.9 Å². The van der Waals surface area contributed by atoms with E-state index in [2.05, 4.69) is 67.7 Å². The van der Waals surface area contributed by atoms with Crippen molar-refractivity contribution >= 4 is 5.91 Å². The van der Waals surface area contributed by atoms with Crippen molar-refractivity contribution in [1.29, 1.82) is 0 Å². The Morgan fingerprint density at radius 1 is 0.955 bits per heavy atom. The maximum absolute atomic E-state index is 11.9. The summed E-state index contributed by atoms with van der Waals surface area (Å²) in [5.41, 5.74) is 4.95. The number of hydrogen-bond acceptors (Lipinski definition) is 2. The second-order valence-electron chi connectivity index (χ2n) is 6.13. The Balaban J connectivity index is 2.03. The van der Waals surface area contributed by atoms with Gasteiger partial charge in [0, 0.05) is 13.0 Å². The molecule has 0 bridgehead atoms. The monoisotopic (exact) mass is 294 g/mol. The third-order valence-corrected chi connectivity index (χ3v) is 4.46. The van der Waals surface area contributed by atoms with E-state index in [-0.39, 0.29) is 18.0 Å². The fourth-order valence-electron chi connectivity index (χ4n) is 3.05. The summed E-state index contributed by atoms with van der Waals surface area (Å²) < 4.78 is 0. The van der Waals surface area contributed by atoms with Gasteiger partial charge in [-0.1, -0.05) is 59.7 Å². The molecule has 1 saturated heterocycles. The van der Waals surface area contributed by atoms with E-state index in [1.165, 1.54) is 22.3 Å². The van der Waals surface area contributed by atoms with Crippen LogP contribution in [0.25, 0.3) is 0 Å². The molecule has 0 aromatic heterocycles. The predicted molar refractivity (Wildman–Crippen MR) is 88.8 cm³/mol. The van der Waals surface area contributed by atoms with Crippen LogP contribution in [0.4, 0.5) is 0 Å². The minimum Gasteiger partial charge on any atom is -0.328 e. The zero-order valence-electron chi connectivity index (χ0n) is 13.3. The number of amides is 1. The molecule has 0 aliphatic carbocycles. The lowest BCUT2D eigenvalue weighted by atomic mass is 9.87. The summed E-state index contributed by atoms with van der Waals surface area (Å²) in [5.74, 6) is 0.284. The van der Waals surface area contributed by atoms with Gasteiger partial charge < -0.3 is 4.90 Å². The number of carbonyl (C=O) groups is 1. The van der Waals surface area contributed by atoms with Crippen LogP contribution in [-0.2, 0) is 4.79 Å². The Bertz CT molecular complexity index is 615. The average Bonchev–Trinajstić information content (AvgIpc) is 2.84. The van der Waals surface area contributed by atoms with Gasteiger partial charge in [-0.05, 0) is 25.0 Å². The molecule has 2 aromatic carbocycles. The van der Waals surface area contributed by atoms with E-state index in [0.717, 1.165) is 0 Å². The fourth-order valence-corrected chi connectivity index (χ4v) is 3.05. The zero-order chi connectivity index (χ0) is 15.7. The smallest absolute Gasteiger partial charge is 0.237 e. The third-order valence-electron chi connectivity index (χ3n) is 4.46. The summed E-state index contributed by atoms with van der Waals surface area (Å²) in [6, 6.07) is 17.2. The molecule has 1 N–H and O–H groups in total. The molecule has 3 nitrogen and oxygen atoms in total. The highest BCUT2D eigenvalue weighted by Crippen LogP contribution is 2.31. The first-order valence-electron chi connectivity index (χ1n) is 7.68. The summed E-state index contributed by atoms with van der Waals surface area (Å²) in [6.07, 6.45) is -0.00193. The van der Waals surface area contributed by atoms with Crippen molar-refractivity contribution in [3.05, 3.63) is 70.8 Å². The Morgan fingerprint density at radius 3 is 1.77 bits per heavy atom. The fraction of sp³-hybridized carbons (Fsp3) is 0.316. The van der Waals surface area contributed by atoms with E-state index >= 15 is 0 Å². The van der Waals surface area contributed by atoms with Crippen molar-refractivity contribution in [3.63, 3.8) is 0 Å². The molecule has 1 heterocycles. The van der Waals surface area contributed by atoms with Crippen LogP contribution >= 0.6 is 0 Å². The first-order valence-corrected chi connectivity index (χ1v) is 7.68. The van der Waals surface area contributed by atoms with Crippen LogP contribution in [0.5, 0.6) is 0 Å². The van der Waals surface area contributed by atoms with Crippen molar-refractivity contribution < 1.29 is 4.79 Å². The van der Waals surface area contributed by atoms with Gasteiger partial charge in [0.15, 0.2) is 0 Å². The molecule has 1 aliphatic rings. The molecule has 1 aliphatic heterocycles. The Morgan fingerprint density at radius 2 is 1.41 bits per heavy atom. The molecular weight excluding hydrogens is 272 g/mol. The number of carbonyl (C=O) groups excluding carboxylic acids is 1. The number of likely N-dealkylation sites (N-methyl/N-ethyl adjacent to an activating group) is 1. The van der Waals surface area contributed by atoms with Crippen molar-refractivity contribution in [3.8, 4) is 0 Å². The lowest BCUT2D eigenvalue weighted by molar-refractivity contribution is -0.126. The molecule has 2 aromatic rings. The first kappa shape index (κ1) is 14.8. The largest absolute Gasteiger partial charge is 0.328 e. The molecule has 1 atom stereocenters. The summed E-state index contributed by atoms with van der Waals surface area (Å²) in [7, 11) is 1.88. The van der Waals surface area contributed by atoms with Gasteiger partial charge in [0.2, 0.25) is 5.91 Å². The molecule has 1 fully saturated rings. The minimum absolute atomic E-state index is 0.00193. The highest BCUT2D eigenvalue weighted by atomic mass is 16.2. The number of hydrogen-bond donors (Lipinski definition) is 1. The van der Waals surface area contributed by atoms with E-state index in [1.54, 1.807) is 0 Å². The Labute approximate surface area is 132 Å². The van der Waals surface area contributed by atoms with Gasteiger partial charge in [-0.2, -0.15) is 0 Å². The second kappa shape index (κ2) is 5.93. The van der Waals surface area contributed by atoms with Gasteiger partial charge in [0.25, 0.3) is 0 Å². The number of rotatable bonds is 3. The standard InChI is InChI=1S/C19H22N2O/c1-13-4-8-15(9-5-13)18(16-10-6-14(2)7-11-16)19-20-12-17(22)21(19)3/h4-11,18-20H,12H2,1-3H3/t19-/m1/s1. The zero-order valence-corrected chi connectivity index (χ0v) is 13.3. The van der Waals surface area contributed by atoms with Crippen molar-refractivity contribution in [2.45, 2.75) is 25.9 Å². The topological polar surface area (TPSA) is 32.3 Å². The molecular formula is C19H22N2O. The van der Waals surface area contributed by atoms with Crippen LogP contribution in [0, 0.1) is 13.8 Å². The van der Waals surface area contributed by atoms with Gasteiger partial charge in [-0.15, -0.1) is 0 Å². The second-order valence-corrected chi connectivity index (χ2v) is 6.13. The molecule has 0 spiro atoms. The number of benzene rings is 2. The van der Waals surface area contributed by atoms with Crippen LogP contribution in [0.2, 0.25) is 0 Å². The number of nitrogens with one attached hydrogen (secondary N) is 1. The van der Waals surface area contributed by atoms with Gasteiger partial charge in [-0.25, -0.2) is 0 Å². The summed E-state index contributed by atoms with van der Waals surface area (Å²) in [4.78, 5) is 13.7. The molecule has 3 heteroatoms. The summed E-state index contributed by atoms with van der Waals surface area (Å²) in [6.45, 7) is 4.59. The van der Waals surface area contributed by atoms with Crippen LogP contribution in [0.3, 0.4) is 0 Å². The number of nitrogens with zero attached hydrogens (tertiary/aromatic N) is 1. The Kier molecular flexibility index (Phi) is 3.99. The van der Waals surface area contributed by atoms with E-state index in [9.17, 15) is 4.79 Å². The van der Waals surface area contributed by atoms with Gasteiger partial charge in [-0.3, -0.25) is 10.1 Å². The van der Waals surface area contributed by atoms with Crippen molar-refractivity contribution in [2.24, 2.45) is 0 Å². The minimum atomic E-state index is -0.00193. The summed E-state index contributed by atoms with van der Waals surface area (Å²) >= 11 is 0. The van der Waals surface area contributed by atoms with Gasteiger partial charge in [0.05, 0.1) is 12.7 Å². The SMILES string of the molecule is Cc1ccc(C(c2ccc(C)cc2)[C@@H]2NCC(=O)N2C)cc1. The molecule has 114 valence electrons. The van der Waals surface area contributed by atoms with Crippen molar-refractivity contribution in [1.82, 2.24) is 10.2 Å². The van der Waals surface area contributed by atoms with E-state index in [4.69, 9.17) is 0 Å². The van der Waals surface area contributed by atoms with Crippen LogP contribution < -0.4 is 5.32 Å². The maximum atomic E-state index is 11.9. The third kappa shape index (κ3) is 2.77. The normalized spacial score (nSPS) is 18.3. The van der Waals surface area contributed by atoms with Crippen LogP contribution in [0.15, 0.2) is 48.5 Å². The number of aryl methyl sites for hydroxylation is 2. The first-order chi connectivity index (χ1) is 10.6. The highest BCUT2D eigenvalue weighted by Gasteiger charge is 2.35. The molecule has 0 saturated carbocycles. The van der Waals surface area contributed by atoms with E-state index < -0.39 is 0 Å². The predicted octanol–water partition coefficient (Wildman–Crippen LogP) is 2.82. The highest BCUT2D eigenvalue weighted by molar-refractivity contribution is 5.80. The lowest BCUT2D eigenvalue weighted by Crippen LogP contribution is -2.40. The van der Waals surface area contributed by atoms with Crippen LogP contribution in [-0.4, -0.2) is 30.6 Å². The van der Waals surface area contributed by atoms with Gasteiger partial charge >= 0.3 is 0 Å². The molecule has 3 rings (SSSR count). The lowest BCUT2D eigenvalue weighted by Gasteiger charge is -2.30. The van der Waals surface area contributed by atoms with Crippen LogP contribution in [0.1, 0.15) is 28.2 Å².